The van der Waals surface area contributed by atoms with Gasteiger partial charge in [0.25, 0.3) is 0 Å². The van der Waals surface area contributed by atoms with Crippen molar-refractivity contribution in [2.75, 3.05) is 25.5 Å². The number of methoxy groups -OCH3 is 1. The maximum absolute atomic E-state index is 12.9. The number of nitrogens with one attached hydrogen (secondary N) is 1. The normalized spacial score (nSPS) is 15.7. The molecule has 1 amide bonds. The van der Waals surface area contributed by atoms with Crippen LogP contribution in [-0.2, 0) is 4.79 Å². The van der Waals surface area contributed by atoms with Crippen LogP contribution < -0.4 is 10.1 Å². The number of anilines is 1. The Morgan fingerprint density at radius 3 is 2.54 bits per heavy atom. The largest absolute Gasteiger partial charge is 0.497 e. The van der Waals surface area contributed by atoms with Crippen LogP contribution >= 0.6 is 11.8 Å². The molecule has 1 aliphatic heterocycles. The second kappa shape index (κ2) is 11.4. The van der Waals surface area contributed by atoms with E-state index in [0.29, 0.717) is 16.4 Å². The summed E-state index contributed by atoms with van der Waals surface area (Å²) in [5.41, 5.74) is 2.02. The average Bonchev–Trinajstić information content (AvgIpc) is 3.32. The van der Waals surface area contributed by atoms with Crippen LogP contribution in [0.15, 0.2) is 53.7 Å². The summed E-state index contributed by atoms with van der Waals surface area (Å²) in [6, 6.07) is 16.9. The Morgan fingerprint density at radius 1 is 1.11 bits per heavy atom. The number of ether oxygens (including phenoxy) is 1. The molecule has 1 fully saturated rings. The molecule has 3 aromatic rings. The van der Waals surface area contributed by atoms with Gasteiger partial charge in [-0.15, -0.1) is 10.2 Å². The minimum Gasteiger partial charge on any atom is -0.497 e. The van der Waals surface area contributed by atoms with Crippen molar-refractivity contribution in [3.05, 3.63) is 59.9 Å². The second-order valence-electron chi connectivity index (χ2n) is 8.59. The van der Waals surface area contributed by atoms with Gasteiger partial charge in [0.2, 0.25) is 5.91 Å². The van der Waals surface area contributed by atoms with E-state index in [1.54, 1.807) is 31.4 Å². The molecular formula is C26H30N6O2S. The molecular weight excluding hydrogens is 460 g/mol. The van der Waals surface area contributed by atoms with E-state index in [2.05, 4.69) is 33.4 Å². The molecule has 2 atom stereocenters. The zero-order valence-corrected chi connectivity index (χ0v) is 21.1. The van der Waals surface area contributed by atoms with E-state index in [4.69, 9.17) is 10.00 Å². The van der Waals surface area contributed by atoms with Gasteiger partial charge in [-0.05, 0) is 82.2 Å². The highest BCUT2D eigenvalue weighted by molar-refractivity contribution is 8.00. The molecule has 2 aromatic carbocycles. The van der Waals surface area contributed by atoms with Crippen molar-refractivity contribution >= 4 is 23.4 Å². The van der Waals surface area contributed by atoms with E-state index in [9.17, 15) is 4.79 Å². The standard InChI is InChI=1S/C26H30N6O2S/c1-18(31-14-5-4-6-15-31)24-29-30-26(32(24)22-10-12-23(34-3)13-11-22)35-19(2)25(33)28-21-9-7-8-20(16-21)17-27/h7-13,16,18-19H,4-6,14-15H2,1-3H3,(H,28,33)/t18-,19+/m0/s1. The zero-order chi connectivity index (χ0) is 24.8. The van der Waals surface area contributed by atoms with Gasteiger partial charge in [0.15, 0.2) is 11.0 Å². The summed E-state index contributed by atoms with van der Waals surface area (Å²) >= 11 is 1.36. The minimum absolute atomic E-state index is 0.0945. The second-order valence-corrected chi connectivity index (χ2v) is 9.90. The molecule has 0 aliphatic carbocycles. The van der Waals surface area contributed by atoms with E-state index >= 15 is 0 Å². The summed E-state index contributed by atoms with van der Waals surface area (Å²) in [5.74, 6) is 1.46. The first-order chi connectivity index (χ1) is 17.0. The molecule has 35 heavy (non-hydrogen) atoms. The lowest BCUT2D eigenvalue weighted by atomic mass is 10.1. The molecule has 2 heterocycles. The van der Waals surface area contributed by atoms with Gasteiger partial charge in [-0.3, -0.25) is 14.3 Å². The topological polar surface area (TPSA) is 96.1 Å². The Bertz CT molecular complexity index is 1200. The summed E-state index contributed by atoms with van der Waals surface area (Å²) < 4.78 is 7.38. The number of carbonyl (C=O) groups is 1. The van der Waals surface area contributed by atoms with Gasteiger partial charge in [-0.2, -0.15) is 5.26 Å². The van der Waals surface area contributed by atoms with Crippen molar-refractivity contribution in [2.45, 2.75) is 49.6 Å². The number of hydrogen-bond acceptors (Lipinski definition) is 7. The maximum Gasteiger partial charge on any atom is 0.237 e. The molecule has 0 unspecified atom stereocenters. The van der Waals surface area contributed by atoms with Crippen LogP contribution in [0.2, 0.25) is 0 Å². The van der Waals surface area contributed by atoms with Crippen LogP contribution in [0.1, 0.15) is 50.5 Å². The summed E-state index contributed by atoms with van der Waals surface area (Å²) in [5, 5.41) is 21.3. The van der Waals surface area contributed by atoms with E-state index in [-0.39, 0.29) is 11.9 Å². The fourth-order valence-corrected chi connectivity index (χ4v) is 5.07. The molecule has 1 N–H and O–H groups in total. The molecule has 0 spiro atoms. The molecule has 0 saturated carbocycles. The average molecular weight is 491 g/mol. The van der Waals surface area contributed by atoms with E-state index in [1.807, 2.05) is 35.8 Å². The van der Waals surface area contributed by atoms with Crippen molar-refractivity contribution in [1.82, 2.24) is 19.7 Å². The lowest BCUT2D eigenvalue weighted by Crippen LogP contribution is -2.33. The fraction of sp³-hybridized carbons (Fsp3) is 0.385. The number of likely N-dealkylation sites (tertiary alicyclic amines) is 1. The van der Waals surface area contributed by atoms with Gasteiger partial charge in [0.05, 0.1) is 30.0 Å². The zero-order valence-electron chi connectivity index (χ0n) is 20.3. The Kier molecular flexibility index (Phi) is 8.06. The quantitative estimate of drug-likeness (QED) is 0.453. The number of nitriles is 1. The van der Waals surface area contributed by atoms with Crippen LogP contribution in [0.25, 0.3) is 5.69 Å². The number of rotatable bonds is 8. The van der Waals surface area contributed by atoms with E-state index in [0.717, 1.165) is 30.4 Å². The van der Waals surface area contributed by atoms with Crippen LogP contribution in [-0.4, -0.2) is 51.0 Å². The van der Waals surface area contributed by atoms with Gasteiger partial charge >= 0.3 is 0 Å². The van der Waals surface area contributed by atoms with Crippen molar-refractivity contribution in [2.24, 2.45) is 0 Å². The van der Waals surface area contributed by atoms with Crippen molar-refractivity contribution in [3.63, 3.8) is 0 Å². The molecule has 1 saturated heterocycles. The number of thioether (sulfide) groups is 1. The highest BCUT2D eigenvalue weighted by Crippen LogP contribution is 2.32. The van der Waals surface area contributed by atoms with Crippen LogP contribution in [0, 0.1) is 11.3 Å². The lowest BCUT2D eigenvalue weighted by molar-refractivity contribution is -0.115. The highest BCUT2D eigenvalue weighted by atomic mass is 32.2. The first-order valence-electron chi connectivity index (χ1n) is 11.8. The molecule has 0 bridgehead atoms. The summed E-state index contributed by atoms with van der Waals surface area (Å²) in [6.07, 6.45) is 3.64. The predicted molar refractivity (Wildman–Crippen MR) is 137 cm³/mol. The van der Waals surface area contributed by atoms with Crippen LogP contribution in [0.5, 0.6) is 5.75 Å². The third-order valence-corrected chi connectivity index (χ3v) is 7.25. The number of hydrogen-bond donors (Lipinski definition) is 1. The third kappa shape index (κ3) is 5.84. The number of benzene rings is 2. The summed E-state index contributed by atoms with van der Waals surface area (Å²) in [4.78, 5) is 15.4. The van der Waals surface area contributed by atoms with Crippen molar-refractivity contribution in [3.8, 4) is 17.5 Å². The molecule has 1 aromatic heterocycles. The number of aromatic nitrogens is 3. The van der Waals surface area contributed by atoms with E-state index < -0.39 is 5.25 Å². The van der Waals surface area contributed by atoms with Gasteiger partial charge in [-0.1, -0.05) is 24.2 Å². The molecule has 182 valence electrons. The molecule has 9 heteroatoms. The highest BCUT2D eigenvalue weighted by Gasteiger charge is 2.27. The molecule has 8 nitrogen and oxygen atoms in total. The van der Waals surface area contributed by atoms with E-state index in [1.165, 1.54) is 31.0 Å². The first-order valence-corrected chi connectivity index (χ1v) is 12.7. The van der Waals surface area contributed by atoms with Gasteiger partial charge in [0.1, 0.15) is 5.75 Å². The Labute approximate surface area is 210 Å². The maximum atomic E-state index is 12.9. The van der Waals surface area contributed by atoms with Gasteiger partial charge < -0.3 is 10.1 Å². The number of amides is 1. The smallest absolute Gasteiger partial charge is 0.237 e. The molecule has 1 aliphatic rings. The third-order valence-electron chi connectivity index (χ3n) is 6.21. The van der Waals surface area contributed by atoms with Crippen LogP contribution in [0.4, 0.5) is 5.69 Å². The van der Waals surface area contributed by atoms with Crippen LogP contribution in [0.3, 0.4) is 0 Å². The number of piperidine rings is 1. The molecule has 0 radical (unpaired) electrons. The van der Waals surface area contributed by atoms with Crippen molar-refractivity contribution in [1.29, 1.82) is 5.26 Å². The minimum atomic E-state index is -0.430. The Balaban J connectivity index is 1.59. The Morgan fingerprint density at radius 2 is 1.86 bits per heavy atom. The summed E-state index contributed by atoms with van der Waals surface area (Å²) in [7, 11) is 1.64. The number of carbonyl (C=O) groups excluding carboxylic acids is 1. The lowest BCUT2D eigenvalue weighted by Gasteiger charge is -2.32. The number of nitrogens with zero attached hydrogens (tertiary/aromatic N) is 5. The van der Waals surface area contributed by atoms with Gasteiger partial charge in [0, 0.05) is 11.4 Å². The SMILES string of the molecule is COc1ccc(-n2c(S[C@H](C)C(=O)Nc3cccc(C#N)c3)nnc2[C@H](C)N2CCCCC2)cc1. The fourth-order valence-electron chi connectivity index (χ4n) is 4.19. The summed E-state index contributed by atoms with van der Waals surface area (Å²) in [6.45, 7) is 6.09. The molecule has 4 rings (SSSR count). The van der Waals surface area contributed by atoms with Gasteiger partial charge in [-0.25, -0.2) is 0 Å². The predicted octanol–water partition coefficient (Wildman–Crippen LogP) is 4.81. The van der Waals surface area contributed by atoms with Crippen molar-refractivity contribution < 1.29 is 9.53 Å². The Hall–Kier alpha value is -3.35. The monoisotopic (exact) mass is 490 g/mol. The first kappa shape index (κ1) is 24.8.